The second-order valence-electron chi connectivity index (χ2n) is 5.78. The number of likely N-dealkylation sites (N-methyl/N-ethyl adjacent to an activating group) is 1. The summed E-state index contributed by atoms with van der Waals surface area (Å²) in [5.74, 6) is 0.883. The van der Waals surface area contributed by atoms with Crippen molar-refractivity contribution in [1.29, 1.82) is 0 Å². The van der Waals surface area contributed by atoms with Crippen LogP contribution in [0.5, 0.6) is 0 Å². The first-order chi connectivity index (χ1) is 11.0. The fraction of sp³-hybridized carbons (Fsp3) is 0.875. The molecular formula is C16H35N5O2. The number of rotatable bonds is 12. The monoisotopic (exact) mass is 329 g/mol. The van der Waals surface area contributed by atoms with E-state index in [4.69, 9.17) is 4.74 Å². The van der Waals surface area contributed by atoms with Crippen LogP contribution >= 0.6 is 0 Å². The Hall–Kier alpha value is -1.34. The zero-order valence-corrected chi connectivity index (χ0v) is 15.4. The van der Waals surface area contributed by atoms with E-state index in [1.54, 1.807) is 7.11 Å². The maximum atomic E-state index is 11.5. The average molecular weight is 329 g/mol. The number of hydrogen-bond acceptors (Lipinski definition) is 4. The number of hydrogen-bond donors (Lipinski definition) is 3. The van der Waals surface area contributed by atoms with Gasteiger partial charge in [-0.2, -0.15) is 0 Å². The minimum Gasteiger partial charge on any atom is -0.385 e. The predicted octanol–water partition coefficient (Wildman–Crippen LogP) is 0.282. The van der Waals surface area contributed by atoms with Crippen LogP contribution in [0.3, 0.4) is 0 Å². The molecule has 0 heterocycles. The van der Waals surface area contributed by atoms with Crippen molar-refractivity contribution in [2.75, 3.05) is 60.0 Å². The Morgan fingerprint density at radius 1 is 1.17 bits per heavy atom. The number of nitrogens with one attached hydrogen (secondary N) is 3. The zero-order valence-electron chi connectivity index (χ0n) is 15.4. The molecule has 0 aromatic carbocycles. The van der Waals surface area contributed by atoms with Gasteiger partial charge in [0.25, 0.3) is 0 Å². The third-order valence-corrected chi connectivity index (χ3v) is 3.23. The highest BCUT2D eigenvalue weighted by atomic mass is 16.5. The first kappa shape index (κ1) is 21.7. The van der Waals surface area contributed by atoms with Crippen LogP contribution in [0.2, 0.25) is 0 Å². The molecule has 0 fully saturated rings. The lowest BCUT2D eigenvalue weighted by Gasteiger charge is -2.16. The number of ether oxygens (including phenoxy) is 1. The number of methoxy groups -OCH3 is 1. The molecular weight excluding hydrogens is 294 g/mol. The van der Waals surface area contributed by atoms with Gasteiger partial charge >= 0.3 is 0 Å². The van der Waals surface area contributed by atoms with Crippen molar-refractivity contribution in [3.05, 3.63) is 0 Å². The van der Waals surface area contributed by atoms with E-state index in [0.29, 0.717) is 13.1 Å². The maximum Gasteiger partial charge on any atom is 0.222 e. The van der Waals surface area contributed by atoms with Crippen LogP contribution in [-0.4, -0.2) is 76.8 Å². The average Bonchev–Trinajstić information content (AvgIpc) is 2.51. The molecule has 0 radical (unpaired) electrons. The Kier molecular flexibility index (Phi) is 13.4. The van der Waals surface area contributed by atoms with Gasteiger partial charge in [0.05, 0.1) is 6.54 Å². The van der Waals surface area contributed by atoms with E-state index < -0.39 is 0 Å². The van der Waals surface area contributed by atoms with E-state index in [-0.39, 0.29) is 11.8 Å². The van der Waals surface area contributed by atoms with Crippen molar-refractivity contribution >= 4 is 11.9 Å². The molecule has 0 atom stereocenters. The quantitative estimate of drug-likeness (QED) is 0.272. The lowest BCUT2D eigenvalue weighted by molar-refractivity contribution is -0.123. The fourth-order valence-electron chi connectivity index (χ4n) is 1.84. The number of guanidine groups is 1. The Bertz CT molecular complexity index is 334. The summed E-state index contributed by atoms with van der Waals surface area (Å²) in [5, 5.41) is 9.31. The van der Waals surface area contributed by atoms with E-state index >= 15 is 0 Å². The highest BCUT2D eigenvalue weighted by Crippen LogP contribution is 1.89. The van der Waals surface area contributed by atoms with Crippen LogP contribution in [0.4, 0.5) is 0 Å². The number of amides is 1. The summed E-state index contributed by atoms with van der Waals surface area (Å²) >= 11 is 0. The first-order valence-electron chi connectivity index (χ1n) is 8.48. The van der Waals surface area contributed by atoms with Gasteiger partial charge in [0.1, 0.15) is 0 Å². The molecule has 0 aliphatic rings. The predicted molar refractivity (Wildman–Crippen MR) is 95.8 cm³/mol. The van der Waals surface area contributed by atoms with Crippen molar-refractivity contribution in [2.24, 2.45) is 10.9 Å². The molecule has 0 spiro atoms. The second-order valence-corrected chi connectivity index (χ2v) is 5.78. The summed E-state index contributed by atoms with van der Waals surface area (Å²) in [6, 6.07) is 0. The van der Waals surface area contributed by atoms with E-state index in [0.717, 1.165) is 45.2 Å². The lowest BCUT2D eigenvalue weighted by Crippen LogP contribution is -2.42. The molecule has 0 aromatic heterocycles. The van der Waals surface area contributed by atoms with Gasteiger partial charge in [0.2, 0.25) is 5.91 Å². The standard InChI is InChI=1S/C16H35N5O2/c1-6-17-16(19-9-8-18-15(22)14(2)3)20-10-12-21(4)11-7-13-23-5/h14H,6-13H2,1-5H3,(H,18,22)(H2,17,19,20). The van der Waals surface area contributed by atoms with Gasteiger partial charge in [-0.25, -0.2) is 0 Å². The van der Waals surface area contributed by atoms with Crippen LogP contribution in [-0.2, 0) is 9.53 Å². The van der Waals surface area contributed by atoms with Crippen LogP contribution < -0.4 is 16.0 Å². The maximum absolute atomic E-state index is 11.5. The summed E-state index contributed by atoms with van der Waals surface area (Å²) in [6.45, 7) is 11.3. The molecule has 7 nitrogen and oxygen atoms in total. The summed E-state index contributed by atoms with van der Waals surface area (Å²) < 4.78 is 5.05. The smallest absolute Gasteiger partial charge is 0.222 e. The Morgan fingerprint density at radius 2 is 1.87 bits per heavy atom. The molecule has 7 heteroatoms. The molecule has 0 aromatic rings. The summed E-state index contributed by atoms with van der Waals surface area (Å²) in [5.41, 5.74) is 0. The van der Waals surface area contributed by atoms with Crippen LogP contribution in [0.25, 0.3) is 0 Å². The normalized spacial score (nSPS) is 11.9. The van der Waals surface area contributed by atoms with Crippen molar-refractivity contribution < 1.29 is 9.53 Å². The van der Waals surface area contributed by atoms with Gasteiger partial charge < -0.3 is 25.6 Å². The first-order valence-corrected chi connectivity index (χ1v) is 8.48. The van der Waals surface area contributed by atoms with Gasteiger partial charge in [0.15, 0.2) is 5.96 Å². The molecule has 0 bridgehead atoms. The molecule has 0 aliphatic heterocycles. The molecule has 3 N–H and O–H groups in total. The molecule has 0 saturated carbocycles. The van der Waals surface area contributed by atoms with Gasteiger partial charge in [-0.15, -0.1) is 0 Å². The van der Waals surface area contributed by atoms with Gasteiger partial charge in [0, 0.05) is 52.4 Å². The van der Waals surface area contributed by atoms with E-state index in [1.165, 1.54) is 0 Å². The summed E-state index contributed by atoms with van der Waals surface area (Å²) in [4.78, 5) is 18.3. The van der Waals surface area contributed by atoms with Crippen molar-refractivity contribution in [1.82, 2.24) is 20.9 Å². The minimum atomic E-state index is 0.0190. The summed E-state index contributed by atoms with van der Waals surface area (Å²) in [6.07, 6.45) is 1.03. The molecule has 136 valence electrons. The van der Waals surface area contributed by atoms with E-state index in [2.05, 4.69) is 32.9 Å². The third-order valence-electron chi connectivity index (χ3n) is 3.23. The molecule has 23 heavy (non-hydrogen) atoms. The number of nitrogens with zero attached hydrogens (tertiary/aromatic N) is 2. The van der Waals surface area contributed by atoms with E-state index in [9.17, 15) is 4.79 Å². The number of carbonyl (C=O) groups excluding carboxylic acids is 1. The fourth-order valence-corrected chi connectivity index (χ4v) is 1.84. The van der Waals surface area contributed by atoms with Crippen molar-refractivity contribution in [3.63, 3.8) is 0 Å². The topological polar surface area (TPSA) is 78.0 Å². The molecule has 0 aliphatic carbocycles. The van der Waals surface area contributed by atoms with Gasteiger partial charge in [-0.05, 0) is 20.4 Å². The van der Waals surface area contributed by atoms with Crippen molar-refractivity contribution in [2.45, 2.75) is 27.2 Å². The second kappa shape index (κ2) is 14.3. The van der Waals surface area contributed by atoms with Crippen LogP contribution in [0, 0.1) is 5.92 Å². The largest absolute Gasteiger partial charge is 0.385 e. The molecule has 1 amide bonds. The molecule has 0 saturated heterocycles. The van der Waals surface area contributed by atoms with Gasteiger partial charge in [-0.1, -0.05) is 13.8 Å². The van der Waals surface area contributed by atoms with Crippen molar-refractivity contribution in [3.8, 4) is 0 Å². The van der Waals surface area contributed by atoms with Gasteiger partial charge in [-0.3, -0.25) is 9.79 Å². The molecule has 0 unspecified atom stereocenters. The van der Waals surface area contributed by atoms with Crippen LogP contribution in [0.1, 0.15) is 27.2 Å². The number of carbonyl (C=O) groups is 1. The summed E-state index contributed by atoms with van der Waals surface area (Å²) in [7, 11) is 3.81. The Labute approximate surface area is 141 Å². The minimum absolute atomic E-state index is 0.0190. The molecule has 0 rings (SSSR count). The number of aliphatic imine (C=N–C) groups is 1. The zero-order chi connectivity index (χ0) is 17.5. The van der Waals surface area contributed by atoms with E-state index in [1.807, 2.05) is 20.8 Å². The third kappa shape index (κ3) is 12.9. The SMILES string of the molecule is CCNC(=NCCN(C)CCCOC)NCCNC(=O)C(C)C. The Balaban J connectivity index is 3.96. The highest BCUT2D eigenvalue weighted by molar-refractivity contribution is 5.80. The highest BCUT2D eigenvalue weighted by Gasteiger charge is 2.05. The Morgan fingerprint density at radius 3 is 2.48 bits per heavy atom. The lowest BCUT2D eigenvalue weighted by atomic mass is 10.2. The van der Waals surface area contributed by atoms with Crippen LogP contribution in [0.15, 0.2) is 4.99 Å².